The summed E-state index contributed by atoms with van der Waals surface area (Å²) in [4.78, 5) is 2.47. The highest BCUT2D eigenvalue weighted by molar-refractivity contribution is 5.55. The van der Waals surface area contributed by atoms with Crippen molar-refractivity contribution in [3.05, 3.63) is 29.8 Å². The molecule has 3 rings (SSSR count). The van der Waals surface area contributed by atoms with E-state index in [1.54, 1.807) is 0 Å². The molecule has 0 bridgehead atoms. The monoisotopic (exact) mass is 189 g/mol. The maximum Gasteiger partial charge on any atom is 0.0984 e. The molecule has 0 radical (unpaired) electrons. The highest BCUT2D eigenvalue weighted by Crippen LogP contribution is 2.28. The molecule has 0 spiro atoms. The lowest BCUT2D eigenvalue weighted by Gasteiger charge is -2.30. The van der Waals surface area contributed by atoms with E-state index >= 15 is 0 Å². The van der Waals surface area contributed by atoms with Gasteiger partial charge in [0.1, 0.15) is 0 Å². The van der Waals surface area contributed by atoms with Crippen molar-refractivity contribution in [1.82, 2.24) is 0 Å². The maximum atomic E-state index is 5.28. The summed E-state index contributed by atoms with van der Waals surface area (Å²) in [5.74, 6) is 0. The fourth-order valence-corrected chi connectivity index (χ4v) is 2.22. The van der Waals surface area contributed by atoms with Crippen molar-refractivity contribution < 1.29 is 4.74 Å². The number of para-hydroxylation sites is 1. The van der Waals surface area contributed by atoms with Gasteiger partial charge in [0.05, 0.1) is 12.7 Å². The van der Waals surface area contributed by atoms with E-state index in [2.05, 4.69) is 29.2 Å². The van der Waals surface area contributed by atoms with Crippen LogP contribution in [0.2, 0.25) is 0 Å². The lowest BCUT2D eigenvalue weighted by Crippen LogP contribution is -2.32. The van der Waals surface area contributed by atoms with Gasteiger partial charge in [0.15, 0.2) is 0 Å². The van der Waals surface area contributed by atoms with E-state index < -0.39 is 0 Å². The summed E-state index contributed by atoms with van der Waals surface area (Å²) in [6.45, 7) is 3.23. The highest BCUT2D eigenvalue weighted by Gasteiger charge is 2.27. The number of anilines is 1. The van der Waals surface area contributed by atoms with E-state index in [4.69, 9.17) is 4.74 Å². The van der Waals surface area contributed by atoms with Gasteiger partial charge < -0.3 is 9.64 Å². The smallest absolute Gasteiger partial charge is 0.0984 e. The van der Waals surface area contributed by atoms with Gasteiger partial charge in [-0.3, -0.25) is 0 Å². The molecule has 2 aliphatic rings. The number of hydrogen-bond donors (Lipinski definition) is 0. The van der Waals surface area contributed by atoms with Crippen molar-refractivity contribution in [1.29, 1.82) is 0 Å². The molecule has 2 heterocycles. The molecule has 0 unspecified atom stereocenters. The molecular formula is C12H15NO. The van der Waals surface area contributed by atoms with Crippen molar-refractivity contribution in [2.45, 2.75) is 18.9 Å². The number of nitrogens with zero attached hydrogens (tertiary/aromatic N) is 1. The molecule has 1 fully saturated rings. The summed E-state index contributed by atoms with van der Waals surface area (Å²) < 4.78 is 5.28. The summed E-state index contributed by atoms with van der Waals surface area (Å²) in [6.07, 6.45) is 3.02. The summed E-state index contributed by atoms with van der Waals surface area (Å²) in [6, 6.07) is 8.74. The van der Waals surface area contributed by atoms with Crippen LogP contribution < -0.4 is 4.90 Å². The lowest BCUT2D eigenvalue weighted by atomic mass is 10.0. The van der Waals surface area contributed by atoms with Gasteiger partial charge in [0.2, 0.25) is 0 Å². The first-order chi connectivity index (χ1) is 6.93. The second-order valence-electron chi connectivity index (χ2n) is 4.13. The molecule has 0 saturated carbocycles. The molecule has 2 heteroatoms. The third-order valence-electron chi connectivity index (χ3n) is 3.03. The Morgan fingerprint density at radius 1 is 1.36 bits per heavy atom. The Morgan fingerprint density at radius 2 is 2.21 bits per heavy atom. The average molecular weight is 189 g/mol. The van der Waals surface area contributed by atoms with Crippen molar-refractivity contribution in [2.24, 2.45) is 0 Å². The molecule has 1 atom stereocenters. The second kappa shape index (κ2) is 3.28. The van der Waals surface area contributed by atoms with Crippen molar-refractivity contribution in [3.8, 4) is 0 Å². The summed E-state index contributed by atoms with van der Waals surface area (Å²) in [7, 11) is 0. The summed E-state index contributed by atoms with van der Waals surface area (Å²) in [5.41, 5.74) is 2.92. The molecule has 2 nitrogen and oxygen atoms in total. The Labute approximate surface area is 84.5 Å². The Balaban J connectivity index is 1.85. The standard InChI is InChI=1S/C12H15NO/c1-2-6-12-10(4-1)5-3-7-13(12)8-11-9-14-11/h1-2,4,6,11H,3,5,7-9H2/t11-/m1/s1. The van der Waals surface area contributed by atoms with E-state index in [9.17, 15) is 0 Å². The first-order valence-corrected chi connectivity index (χ1v) is 5.38. The van der Waals surface area contributed by atoms with Gasteiger partial charge >= 0.3 is 0 Å². The van der Waals surface area contributed by atoms with Gasteiger partial charge in [0, 0.05) is 18.8 Å². The number of hydrogen-bond acceptors (Lipinski definition) is 2. The minimum Gasteiger partial charge on any atom is -0.371 e. The summed E-state index contributed by atoms with van der Waals surface area (Å²) >= 11 is 0. The van der Waals surface area contributed by atoms with Gasteiger partial charge in [-0.05, 0) is 24.5 Å². The molecule has 0 aliphatic carbocycles. The molecule has 14 heavy (non-hydrogen) atoms. The predicted octanol–water partition coefficient (Wildman–Crippen LogP) is 1.84. The van der Waals surface area contributed by atoms with E-state index in [1.807, 2.05) is 0 Å². The van der Waals surface area contributed by atoms with E-state index in [0.29, 0.717) is 6.10 Å². The number of rotatable bonds is 2. The number of benzene rings is 1. The van der Waals surface area contributed by atoms with Crippen LogP contribution in [0.3, 0.4) is 0 Å². The zero-order valence-electron chi connectivity index (χ0n) is 8.28. The Bertz CT molecular complexity index is 333. The topological polar surface area (TPSA) is 15.8 Å². The molecule has 0 N–H and O–H groups in total. The van der Waals surface area contributed by atoms with Crippen LogP contribution in [0, 0.1) is 0 Å². The zero-order chi connectivity index (χ0) is 9.38. The first kappa shape index (κ1) is 8.30. The maximum absolute atomic E-state index is 5.28. The summed E-state index contributed by atoms with van der Waals surface area (Å²) in [5, 5.41) is 0. The third-order valence-corrected chi connectivity index (χ3v) is 3.03. The van der Waals surface area contributed by atoms with Crippen LogP contribution in [0.15, 0.2) is 24.3 Å². The van der Waals surface area contributed by atoms with Gasteiger partial charge in [-0.2, -0.15) is 0 Å². The van der Waals surface area contributed by atoms with Crippen LogP contribution in [-0.4, -0.2) is 25.8 Å². The lowest BCUT2D eigenvalue weighted by molar-refractivity contribution is 0.406. The fourth-order valence-electron chi connectivity index (χ4n) is 2.22. The van der Waals surface area contributed by atoms with Crippen LogP contribution in [0.1, 0.15) is 12.0 Å². The largest absolute Gasteiger partial charge is 0.371 e. The number of aryl methyl sites for hydroxylation is 1. The minimum absolute atomic E-state index is 0.501. The molecule has 1 saturated heterocycles. The zero-order valence-corrected chi connectivity index (χ0v) is 8.28. The molecule has 1 aromatic carbocycles. The van der Waals surface area contributed by atoms with E-state index in [-0.39, 0.29) is 0 Å². The molecule has 2 aliphatic heterocycles. The number of fused-ring (bicyclic) bond motifs is 1. The third kappa shape index (κ3) is 1.50. The van der Waals surface area contributed by atoms with Crippen LogP contribution in [0.5, 0.6) is 0 Å². The van der Waals surface area contributed by atoms with Gasteiger partial charge in [-0.15, -0.1) is 0 Å². The van der Waals surface area contributed by atoms with E-state index in [0.717, 1.165) is 13.2 Å². The molecule has 0 aromatic heterocycles. The Morgan fingerprint density at radius 3 is 3.07 bits per heavy atom. The van der Waals surface area contributed by atoms with E-state index in [1.165, 1.54) is 30.6 Å². The number of epoxide rings is 1. The Hall–Kier alpha value is -1.02. The van der Waals surface area contributed by atoms with Crippen LogP contribution >= 0.6 is 0 Å². The van der Waals surface area contributed by atoms with Gasteiger partial charge in [0.25, 0.3) is 0 Å². The number of ether oxygens (including phenoxy) is 1. The first-order valence-electron chi connectivity index (χ1n) is 5.38. The van der Waals surface area contributed by atoms with Gasteiger partial charge in [-0.1, -0.05) is 18.2 Å². The van der Waals surface area contributed by atoms with Crippen LogP contribution in [0.25, 0.3) is 0 Å². The molecular weight excluding hydrogens is 174 g/mol. The van der Waals surface area contributed by atoms with Crippen LogP contribution in [-0.2, 0) is 11.2 Å². The minimum atomic E-state index is 0.501. The van der Waals surface area contributed by atoms with Crippen molar-refractivity contribution >= 4 is 5.69 Å². The average Bonchev–Trinajstić information content (AvgIpc) is 3.03. The van der Waals surface area contributed by atoms with Crippen molar-refractivity contribution in [2.75, 3.05) is 24.6 Å². The Kier molecular flexibility index (Phi) is 1.95. The fraction of sp³-hybridized carbons (Fsp3) is 0.500. The molecule has 1 aromatic rings. The molecule has 74 valence electrons. The second-order valence-corrected chi connectivity index (χ2v) is 4.13. The van der Waals surface area contributed by atoms with Crippen LogP contribution in [0.4, 0.5) is 5.69 Å². The SMILES string of the molecule is c1ccc2c(c1)CCCN2C[C@@H]1CO1. The van der Waals surface area contributed by atoms with Gasteiger partial charge in [-0.25, -0.2) is 0 Å². The predicted molar refractivity (Wildman–Crippen MR) is 56.7 cm³/mol. The van der Waals surface area contributed by atoms with Crippen molar-refractivity contribution in [3.63, 3.8) is 0 Å². The quantitative estimate of drug-likeness (QED) is 0.660. The molecule has 0 amide bonds. The normalized spacial score (nSPS) is 24.6. The highest BCUT2D eigenvalue weighted by atomic mass is 16.6.